The quantitative estimate of drug-likeness (QED) is 0.529. The van der Waals surface area contributed by atoms with Crippen LogP contribution >= 0.6 is 0 Å². The molecule has 0 radical (unpaired) electrons. The van der Waals surface area contributed by atoms with Crippen LogP contribution in [0.15, 0.2) is 12.2 Å². The number of aliphatic hydroxyl groups is 1. The number of hydrogen-bond donors (Lipinski definition) is 1. The van der Waals surface area contributed by atoms with Gasteiger partial charge in [0.15, 0.2) is 0 Å². The van der Waals surface area contributed by atoms with Gasteiger partial charge in [0.05, 0.1) is 0 Å². The molecule has 1 N–H and O–H groups in total. The zero-order valence-electron chi connectivity index (χ0n) is 5.93. The van der Waals surface area contributed by atoms with Crippen molar-refractivity contribution in [2.24, 2.45) is 11.8 Å². The smallest absolute Gasteiger partial charge is 0.0496 e. The third-order valence-electron chi connectivity index (χ3n) is 2.33. The molecule has 1 heteroatoms. The highest BCUT2D eigenvalue weighted by Gasteiger charge is 2.24. The molecule has 0 amide bonds. The van der Waals surface area contributed by atoms with E-state index in [1.54, 1.807) is 0 Å². The molecule has 0 aliphatic heterocycles. The fraction of sp³-hybridized carbons (Fsp3) is 0.750. The lowest BCUT2D eigenvalue weighted by Gasteiger charge is -2.07. The van der Waals surface area contributed by atoms with Crippen molar-refractivity contribution in [3.8, 4) is 0 Å². The summed E-state index contributed by atoms with van der Waals surface area (Å²) >= 11 is 0. The second-order valence-electron chi connectivity index (χ2n) is 2.93. The first kappa shape index (κ1) is 6.81. The molecule has 2 atom stereocenters. The van der Waals surface area contributed by atoms with Crippen LogP contribution in [0.5, 0.6) is 0 Å². The lowest BCUT2D eigenvalue weighted by Crippen LogP contribution is -2.02. The Labute approximate surface area is 56.4 Å². The number of hydrogen-bond acceptors (Lipinski definition) is 1. The molecule has 1 rings (SSSR count). The van der Waals surface area contributed by atoms with Crippen molar-refractivity contribution in [3.05, 3.63) is 12.2 Å². The Morgan fingerprint density at radius 1 is 1.67 bits per heavy atom. The molecular formula is C8H14O. The second kappa shape index (κ2) is 2.53. The van der Waals surface area contributed by atoms with Crippen LogP contribution in [0.1, 0.15) is 19.8 Å². The fourth-order valence-electron chi connectivity index (χ4n) is 1.43. The maximum Gasteiger partial charge on any atom is 0.0496 e. The van der Waals surface area contributed by atoms with Crippen LogP contribution < -0.4 is 0 Å². The Balaban J connectivity index is 2.51. The Hall–Kier alpha value is -0.300. The molecule has 52 valence electrons. The molecular weight excluding hydrogens is 112 g/mol. The van der Waals surface area contributed by atoms with Gasteiger partial charge in [-0.25, -0.2) is 0 Å². The maximum atomic E-state index is 8.79. The van der Waals surface area contributed by atoms with Crippen LogP contribution in [0.3, 0.4) is 0 Å². The molecule has 1 aliphatic carbocycles. The van der Waals surface area contributed by atoms with Gasteiger partial charge in [-0.2, -0.15) is 0 Å². The van der Waals surface area contributed by atoms with Crippen molar-refractivity contribution < 1.29 is 5.11 Å². The van der Waals surface area contributed by atoms with Gasteiger partial charge in [-0.3, -0.25) is 0 Å². The van der Waals surface area contributed by atoms with Gasteiger partial charge >= 0.3 is 0 Å². The molecule has 1 aliphatic rings. The highest BCUT2D eigenvalue weighted by molar-refractivity contribution is 5.09. The standard InChI is InChI=1S/C8H14O/c1-6-3-4-8(5-9)7(6)2/h6,8-9H,2-5H2,1H3/t6-,8-/m0/s1. The molecule has 0 bridgehead atoms. The van der Waals surface area contributed by atoms with E-state index < -0.39 is 0 Å². The normalized spacial score (nSPS) is 35.6. The molecule has 0 aromatic carbocycles. The van der Waals surface area contributed by atoms with Gasteiger partial charge in [-0.15, -0.1) is 0 Å². The predicted octanol–water partition coefficient (Wildman–Crippen LogP) is 1.58. The van der Waals surface area contributed by atoms with E-state index in [9.17, 15) is 0 Å². The van der Waals surface area contributed by atoms with Crippen LogP contribution in [0.2, 0.25) is 0 Å². The zero-order valence-corrected chi connectivity index (χ0v) is 5.93. The van der Waals surface area contributed by atoms with E-state index in [4.69, 9.17) is 5.11 Å². The van der Waals surface area contributed by atoms with E-state index >= 15 is 0 Å². The largest absolute Gasteiger partial charge is 0.396 e. The molecule has 1 fully saturated rings. The van der Waals surface area contributed by atoms with E-state index in [0.717, 1.165) is 6.42 Å². The van der Waals surface area contributed by atoms with Crippen molar-refractivity contribution in [2.75, 3.05) is 6.61 Å². The van der Waals surface area contributed by atoms with Crippen LogP contribution in [0, 0.1) is 11.8 Å². The average molecular weight is 126 g/mol. The highest BCUT2D eigenvalue weighted by atomic mass is 16.3. The highest BCUT2D eigenvalue weighted by Crippen LogP contribution is 2.34. The summed E-state index contributed by atoms with van der Waals surface area (Å²) in [5.41, 5.74) is 1.25. The third kappa shape index (κ3) is 1.16. The monoisotopic (exact) mass is 126 g/mol. The summed E-state index contributed by atoms with van der Waals surface area (Å²) < 4.78 is 0. The lowest BCUT2D eigenvalue weighted by molar-refractivity contribution is 0.249. The average Bonchev–Trinajstić information content (AvgIpc) is 2.15. The second-order valence-corrected chi connectivity index (χ2v) is 2.93. The fourth-order valence-corrected chi connectivity index (χ4v) is 1.43. The van der Waals surface area contributed by atoms with Crippen LogP contribution in [0.4, 0.5) is 0 Å². The molecule has 1 saturated carbocycles. The molecule has 0 spiro atoms. The Morgan fingerprint density at radius 2 is 2.33 bits per heavy atom. The summed E-state index contributed by atoms with van der Waals surface area (Å²) in [4.78, 5) is 0. The molecule has 0 aromatic heterocycles. The van der Waals surface area contributed by atoms with E-state index in [1.807, 2.05) is 0 Å². The van der Waals surface area contributed by atoms with Gasteiger partial charge in [-0.1, -0.05) is 19.1 Å². The minimum atomic E-state index is 0.295. The molecule has 0 aromatic rings. The van der Waals surface area contributed by atoms with Crippen molar-refractivity contribution >= 4 is 0 Å². The zero-order chi connectivity index (χ0) is 6.85. The molecule has 0 heterocycles. The minimum absolute atomic E-state index is 0.295. The Morgan fingerprint density at radius 3 is 2.56 bits per heavy atom. The summed E-state index contributed by atoms with van der Waals surface area (Å²) in [6.07, 6.45) is 2.35. The molecule has 1 nitrogen and oxygen atoms in total. The SMILES string of the molecule is C=C1[C@H](CO)CC[C@@H]1C. The van der Waals surface area contributed by atoms with Gasteiger partial charge in [0.1, 0.15) is 0 Å². The van der Waals surface area contributed by atoms with Gasteiger partial charge in [0.2, 0.25) is 0 Å². The maximum absolute atomic E-state index is 8.79. The van der Waals surface area contributed by atoms with Gasteiger partial charge in [0.25, 0.3) is 0 Å². The van der Waals surface area contributed by atoms with Gasteiger partial charge in [-0.05, 0) is 18.8 Å². The molecule has 9 heavy (non-hydrogen) atoms. The van der Waals surface area contributed by atoms with E-state index in [-0.39, 0.29) is 0 Å². The first-order valence-electron chi connectivity index (χ1n) is 3.55. The minimum Gasteiger partial charge on any atom is -0.396 e. The first-order chi connectivity index (χ1) is 4.25. The Kier molecular flexibility index (Phi) is 1.91. The van der Waals surface area contributed by atoms with Crippen molar-refractivity contribution in [2.45, 2.75) is 19.8 Å². The van der Waals surface area contributed by atoms with E-state index in [0.29, 0.717) is 18.4 Å². The lowest BCUT2D eigenvalue weighted by atomic mass is 10.0. The third-order valence-corrected chi connectivity index (χ3v) is 2.33. The first-order valence-corrected chi connectivity index (χ1v) is 3.55. The van der Waals surface area contributed by atoms with Crippen molar-refractivity contribution in [3.63, 3.8) is 0 Å². The predicted molar refractivity (Wildman–Crippen MR) is 38.1 cm³/mol. The summed E-state index contributed by atoms with van der Waals surface area (Å²) in [6, 6.07) is 0. The van der Waals surface area contributed by atoms with Gasteiger partial charge < -0.3 is 5.11 Å². The van der Waals surface area contributed by atoms with E-state index in [1.165, 1.54) is 12.0 Å². The summed E-state index contributed by atoms with van der Waals surface area (Å²) in [5.74, 6) is 1.04. The number of rotatable bonds is 1. The molecule has 0 unspecified atom stereocenters. The van der Waals surface area contributed by atoms with Crippen LogP contribution in [0.25, 0.3) is 0 Å². The summed E-state index contributed by atoms with van der Waals surface area (Å²) in [7, 11) is 0. The Bertz CT molecular complexity index is 118. The van der Waals surface area contributed by atoms with Crippen LogP contribution in [-0.4, -0.2) is 11.7 Å². The van der Waals surface area contributed by atoms with Gasteiger partial charge in [0, 0.05) is 12.5 Å². The number of aliphatic hydroxyl groups excluding tert-OH is 1. The summed E-state index contributed by atoms with van der Waals surface area (Å²) in [6.45, 7) is 6.40. The molecule has 0 saturated heterocycles. The van der Waals surface area contributed by atoms with Crippen LogP contribution in [-0.2, 0) is 0 Å². The van der Waals surface area contributed by atoms with Crippen molar-refractivity contribution in [1.29, 1.82) is 0 Å². The topological polar surface area (TPSA) is 20.2 Å². The van der Waals surface area contributed by atoms with Crippen molar-refractivity contribution in [1.82, 2.24) is 0 Å². The summed E-state index contributed by atoms with van der Waals surface area (Å²) in [5, 5.41) is 8.79. The van der Waals surface area contributed by atoms with E-state index in [2.05, 4.69) is 13.5 Å².